The smallest absolute Gasteiger partial charge is 0.233 e. The fourth-order valence-electron chi connectivity index (χ4n) is 10.2. The van der Waals surface area contributed by atoms with Gasteiger partial charge in [-0.05, 0) is 61.0 Å². The Kier molecular flexibility index (Phi) is 6.81. The fraction of sp³-hybridized carbons (Fsp3) is 0.0566. The van der Waals surface area contributed by atoms with Crippen LogP contribution in [0.1, 0.15) is 19.0 Å². The Morgan fingerprint density at radius 3 is 1.42 bits per heavy atom. The third-order valence-corrected chi connectivity index (χ3v) is 12.6. The summed E-state index contributed by atoms with van der Waals surface area (Å²) in [6.45, 7) is 0. The van der Waals surface area contributed by atoms with Crippen LogP contribution in [-0.2, 0) is 0 Å². The van der Waals surface area contributed by atoms with Crippen molar-refractivity contribution >= 4 is 99.0 Å². The summed E-state index contributed by atoms with van der Waals surface area (Å²) in [4.78, 5) is 11.6. The molecular weight excluding hydrogens is 721 g/mol. The molecule has 0 radical (unpaired) electrons. The Labute approximate surface area is 338 Å². The molecule has 278 valence electrons. The Bertz CT molecular complexity index is 3630. The van der Waals surface area contributed by atoms with E-state index < -0.39 is 0 Å². The summed E-state index contributed by atoms with van der Waals surface area (Å²) in [6.07, 6.45) is 1.28. The summed E-state index contributed by atoms with van der Waals surface area (Å²) in [5.41, 5.74) is 10.3. The zero-order valence-corrected chi connectivity index (χ0v) is 32.1. The molecule has 12 aromatic rings. The van der Waals surface area contributed by atoms with E-state index in [4.69, 9.17) is 9.98 Å². The maximum atomic E-state index is 5.82. The standard InChI is InChI=1S/C53H36N6/c1-2-16-34(17-3-1)56-42-24-10-8-22-39(42)40-30-31-48-51(52(40)56)41-23-9-15-29-47(41)59(48)53-54-49(57-43-25-11-4-18-35(43)36-19-5-12-26-44(36)57)32-33-50(55-53)58-45-27-13-6-20-37(45)38-21-7-14-28-46(38)58/h1-31,49H,32-33H2. The van der Waals surface area contributed by atoms with E-state index in [0.717, 1.165) is 46.4 Å². The molecule has 0 amide bonds. The minimum absolute atomic E-state index is 0.222. The van der Waals surface area contributed by atoms with Crippen molar-refractivity contribution in [2.75, 3.05) is 0 Å². The Balaban J connectivity index is 1.15. The number of nitrogens with zero attached hydrogens (tertiary/aromatic N) is 6. The Morgan fingerprint density at radius 1 is 0.373 bits per heavy atom. The summed E-state index contributed by atoms with van der Waals surface area (Å²) < 4.78 is 9.60. The molecule has 59 heavy (non-hydrogen) atoms. The predicted molar refractivity (Wildman–Crippen MR) is 247 cm³/mol. The van der Waals surface area contributed by atoms with Crippen LogP contribution in [0.3, 0.4) is 0 Å². The molecule has 0 fully saturated rings. The van der Waals surface area contributed by atoms with Crippen LogP contribution < -0.4 is 0 Å². The van der Waals surface area contributed by atoms with Gasteiger partial charge in [0.05, 0.1) is 44.1 Å². The molecular formula is C53H36N6. The van der Waals surface area contributed by atoms with Gasteiger partial charge in [0.25, 0.3) is 0 Å². The maximum Gasteiger partial charge on any atom is 0.233 e. The summed E-state index contributed by atoms with van der Waals surface area (Å²) in [5.74, 6) is 1.66. The van der Waals surface area contributed by atoms with Crippen molar-refractivity contribution < 1.29 is 0 Å². The molecule has 6 nitrogen and oxygen atoms in total. The highest BCUT2D eigenvalue weighted by atomic mass is 15.3. The summed E-state index contributed by atoms with van der Waals surface area (Å²) in [7, 11) is 0. The molecule has 5 heterocycles. The monoisotopic (exact) mass is 756 g/mol. The number of para-hydroxylation sites is 7. The van der Waals surface area contributed by atoms with Gasteiger partial charge in [-0.2, -0.15) is 4.99 Å². The molecule has 13 rings (SSSR count). The van der Waals surface area contributed by atoms with Crippen LogP contribution in [0.5, 0.6) is 0 Å². The third kappa shape index (κ3) is 4.57. The van der Waals surface area contributed by atoms with Crippen LogP contribution in [0.4, 0.5) is 0 Å². The number of hydrogen-bond donors (Lipinski definition) is 0. The Morgan fingerprint density at radius 2 is 0.831 bits per heavy atom. The van der Waals surface area contributed by atoms with Crippen LogP contribution >= 0.6 is 0 Å². The molecule has 6 heteroatoms. The molecule has 0 N–H and O–H groups in total. The number of aliphatic imine (C=N–C) groups is 2. The van der Waals surface area contributed by atoms with Crippen molar-refractivity contribution in [2.45, 2.75) is 19.0 Å². The van der Waals surface area contributed by atoms with E-state index in [1.807, 2.05) is 0 Å². The highest BCUT2D eigenvalue weighted by Gasteiger charge is 2.27. The SMILES string of the molecule is c1ccc(-n2c3ccccc3c3ccc4c(c5ccccc5n4C4=NC(n5c6ccccc6c6ccccc65)CCC(n5c6ccccc6c6ccccc65)=N4)c32)cc1. The second kappa shape index (κ2) is 12.4. The quantitative estimate of drug-likeness (QED) is 0.169. The molecule has 1 aliphatic rings. The zero-order valence-electron chi connectivity index (χ0n) is 32.1. The van der Waals surface area contributed by atoms with Gasteiger partial charge in [-0.1, -0.05) is 133 Å². The lowest BCUT2D eigenvalue weighted by molar-refractivity contribution is 0.524. The highest BCUT2D eigenvalue weighted by Crippen LogP contribution is 2.42. The molecule has 0 aliphatic carbocycles. The average molecular weight is 757 g/mol. The maximum absolute atomic E-state index is 5.82. The second-order valence-corrected chi connectivity index (χ2v) is 15.6. The van der Waals surface area contributed by atoms with Gasteiger partial charge in [0.1, 0.15) is 12.0 Å². The summed E-state index contributed by atoms with van der Waals surface area (Å²) in [6, 6.07) is 67.8. The third-order valence-electron chi connectivity index (χ3n) is 12.6. The molecule has 0 saturated heterocycles. The van der Waals surface area contributed by atoms with Crippen LogP contribution in [0.2, 0.25) is 0 Å². The van der Waals surface area contributed by atoms with E-state index in [2.05, 4.69) is 206 Å². The number of aromatic nitrogens is 4. The molecule has 1 unspecified atom stereocenters. The van der Waals surface area contributed by atoms with Crippen LogP contribution in [0, 0.1) is 0 Å². The van der Waals surface area contributed by atoms with E-state index in [0.29, 0.717) is 5.96 Å². The molecule has 0 spiro atoms. The van der Waals surface area contributed by atoms with Gasteiger partial charge in [-0.15, -0.1) is 0 Å². The zero-order chi connectivity index (χ0) is 38.6. The van der Waals surface area contributed by atoms with Gasteiger partial charge >= 0.3 is 0 Å². The molecule has 1 atom stereocenters. The van der Waals surface area contributed by atoms with E-state index in [9.17, 15) is 0 Å². The van der Waals surface area contributed by atoms with Gasteiger partial charge in [0, 0.05) is 55.2 Å². The first-order valence-corrected chi connectivity index (χ1v) is 20.4. The molecule has 0 bridgehead atoms. The lowest BCUT2D eigenvalue weighted by atomic mass is 10.1. The van der Waals surface area contributed by atoms with E-state index in [-0.39, 0.29) is 6.17 Å². The van der Waals surface area contributed by atoms with Crippen molar-refractivity contribution in [3.8, 4) is 5.69 Å². The van der Waals surface area contributed by atoms with Crippen molar-refractivity contribution in [1.82, 2.24) is 18.3 Å². The van der Waals surface area contributed by atoms with Crippen molar-refractivity contribution in [3.63, 3.8) is 0 Å². The molecule has 8 aromatic carbocycles. The summed E-state index contributed by atoms with van der Waals surface area (Å²) >= 11 is 0. The lowest BCUT2D eigenvalue weighted by Gasteiger charge is -2.17. The van der Waals surface area contributed by atoms with Gasteiger partial charge in [-0.3, -0.25) is 9.13 Å². The highest BCUT2D eigenvalue weighted by molar-refractivity contribution is 6.28. The van der Waals surface area contributed by atoms with Gasteiger partial charge in [0.2, 0.25) is 5.96 Å². The fourth-order valence-corrected chi connectivity index (χ4v) is 10.2. The molecule has 1 aliphatic heterocycles. The van der Waals surface area contributed by atoms with E-state index in [1.54, 1.807) is 0 Å². The molecule has 0 saturated carbocycles. The van der Waals surface area contributed by atoms with Gasteiger partial charge in [-0.25, -0.2) is 4.99 Å². The first kappa shape index (κ1) is 32.4. The van der Waals surface area contributed by atoms with Crippen molar-refractivity contribution in [2.24, 2.45) is 9.98 Å². The van der Waals surface area contributed by atoms with Crippen molar-refractivity contribution in [1.29, 1.82) is 0 Å². The normalized spacial score (nSPS) is 15.0. The summed E-state index contributed by atoms with van der Waals surface area (Å²) in [5, 5.41) is 9.73. The largest absolute Gasteiger partial charge is 0.317 e. The molecule has 4 aromatic heterocycles. The predicted octanol–water partition coefficient (Wildman–Crippen LogP) is 13.3. The van der Waals surface area contributed by atoms with Gasteiger partial charge in [0.15, 0.2) is 0 Å². The van der Waals surface area contributed by atoms with Gasteiger partial charge < -0.3 is 9.13 Å². The lowest BCUT2D eigenvalue weighted by Crippen LogP contribution is -2.16. The van der Waals surface area contributed by atoms with Crippen LogP contribution in [0.25, 0.3) is 92.9 Å². The van der Waals surface area contributed by atoms with Crippen LogP contribution in [-0.4, -0.2) is 30.1 Å². The number of hydrogen-bond acceptors (Lipinski definition) is 2. The first-order chi connectivity index (χ1) is 29.3. The van der Waals surface area contributed by atoms with E-state index >= 15 is 0 Å². The van der Waals surface area contributed by atoms with Crippen molar-refractivity contribution in [3.05, 3.63) is 188 Å². The van der Waals surface area contributed by atoms with Crippen LogP contribution in [0.15, 0.2) is 198 Å². The minimum Gasteiger partial charge on any atom is -0.317 e. The Hall–Kier alpha value is -7.70. The van der Waals surface area contributed by atoms with E-state index in [1.165, 1.54) is 65.2 Å². The average Bonchev–Trinajstić information content (AvgIpc) is 3.98. The second-order valence-electron chi connectivity index (χ2n) is 15.6. The number of rotatable bonds is 2. The minimum atomic E-state index is -0.222. The topological polar surface area (TPSA) is 44.4 Å². The first-order valence-electron chi connectivity index (χ1n) is 20.4. The number of benzene rings is 8. The number of fused-ring (bicyclic) bond motifs is 13.